The summed E-state index contributed by atoms with van der Waals surface area (Å²) in [6.45, 7) is 3.92. The Hall–Kier alpha value is -2.29. The zero-order chi connectivity index (χ0) is 15.4. The zero-order valence-corrected chi connectivity index (χ0v) is 12.4. The van der Waals surface area contributed by atoms with E-state index in [0.29, 0.717) is 28.1 Å². The average Bonchev–Trinajstić information content (AvgIpc) is 3.05. The van der Waals surface area contributed by atoms with Crippen LogP contribution in [0.25, 0.3) is 0 Å². The third kappa shape index (κ3) is 4.09. The van der Waals surface area contributed by atoms with Gasteiger partial charge in [0.1, 0.15) is 4.88 Å². The Kier molecular flexibility index (Phi) is 4.63. The largest absolute Gasteiger partial charge is 0.365 e. The van der Waals surface area contributed by atoms with Crippen molar-refractivity contribution < 1.29 is 14.1 Å². The summed E-state index contributed by atoms with van der Waals surface area (Å²) in [5, 5.41) is 6.74. The van der Waals surface area contributed by atoms with E-state index < -0.39 is 5.91 Å². The predicted octanol–water partition coefficient (Wildman–Crippen LogP) is 1.32. The van der Waals surface area contributed by atoms with Crippen molar-refractivity contribution in [3.63, 3.8) is 0 Å². The lowest BCUT2D eigenvalue weighted by molar-refractivity contribution is -0.116. The second-order valence-corrected chi connectivity index (χ2v) is 5.67. The highest BCUT2D eigenvalue weighted by atomic mass is 32.1. The van der Waals surface area contributed by atoms with Crippen molar-refractivity contribution in [3.05, 3.63) is 22.8 Å². The highest BCUT2D eigenvalue weighted by molar-refractivity contribution is 7.17. The number of nitrogens with one attached hydrogen (secondary N) is 1. The first-order valence-electron chi connectivity index (χ1n) is 6.33. The monoisotopic (exact) mass is 309 g/mol. The van der Waals surface area contributed by atoms with Crippen LogP contribution < -0.4 is 11.1 Å². The van der Waals surface area contributed by atoms with E-state index in [2.05, 4.69) is 20.4 Å². The van der Waals surface area contributed by atoms with Gasteiger partial charge in [-0.15, -0.1) is 0 Å². The normalized spacial score (nSPS) is 10.8. The molecule has 0 unspecified atom stereocenters. The number of aryl methyl sites for hydroxylation is 1. The number of aromatic nitrogens is 3. The lowest BCUT2D eigenvalue weighted by Gasteiger charge is -1.98. The van der Waals surface area contributed by atoms with Crippen LogP contribution in [-0.2, 0) is 11.2 Å². The first-order valence-corrected chi connectivity index (χ1v) is 7.15. The van der Waals surface area contributed by atoms with Crippen molar-refractivity contribution in [1.29, 1.82) is 0 Å². The van der Waals surface area contributed by atoms with Crippen LogP contribution in [0, 0.1) is 0 Å². The molecule has 0 spiro atoms. The molecule has 2 heterocycles. The maximum absolute atomic E-state index is 11.8. The van der Waals surface area contributed by atoms with Gasteiger partial charge in [-0.3, -0.25) is 9.59 Å². The number of hydrogen-bond donors (Lipinski definition) is 2. The number of rotatable bonds is 6. The summed E-state index contributed by atoms with van der Waals surface area (Å²) in [7, 11) is 0. The van der Waals surface area contributed by atoms with Crippen molar-refractivity contribution in [3.8, 4) is 0 Å². The third-order valence-electron chi connectivity index (χ3n) is 2.56. The second kappa shape index (κ2) is 6.44. The van der Waals surface area contributed by atoms with Gasteiger partial charge < -0.3 is 15.6 Å². The molecule has 0 aliphatic heterocycles. The van der Waals surface area contributed by atoms with E-state index in [1.54, 1.807) is 0 Å². The standard InChI is InChI=1S/C12H15N5O3S/c1-6(2)11-16-9(20-17-11)4-3-8(18)15-12-14-5-7(21-12)10(13)19/h5-6H,3-4H2,1-2H3,(H2,13,19)(H,14,15,18). The molecule has 2 aromatic rings. The van der Waals surface area contributed by atoms with Gasteiger partial charge in [-0.2, -0.15) is 4.98 Å². The van der Waals surface area contributed by atoms with Crippen LogP contribution in [-0.4, -0.2) is 26.9 Å². The molecule has 0 atom stereocenters. The number of anilines is 1. The van der Waals surface area contributed by atoms with Crippen molar-refractivity contribution in [1.82, 2.24) is 15.1 Å². The molecule has 21 heavy (non-hydrogen) atoms. The van der Waals surface area contributed by atoms with Gasteiger partial charge in [-0.1, -0.05) is 30.3 Å². The SMILES string of the molecule is CC(C)c1noc(CCC(=O)Nc2ncc(C(N)=O)s2)n1. The van der Waals surface area contributed by atoms with Crippen molar-refractivity contribution in [2.75, 3.05) is 5.32 Å². The number of thiazole rings is 1. The summed E-state index contributed by atoms with van der Waals surface area (Å²) < 4.78 is 5.05. The Bertz CT molecular complexity index is 649. The van der Waals surface area contributed by atoms with Gasteiger partial charge in [0, 0.05) is 18.8 Å². The van der Waals surface area contributed by atoms with Crippen molar-refractivity contribution in [2.45, 2.75) is 32.6 Å². The Morgan fingerprint density at radius 2 is 2.24 bits per heavy atom. The summed E-state index contributed by atoms with van der Waals surface area (Å²) in [4.78, 5) is 31.0. The maximum Gasteiger partial charge on any atom is 0.260 e. The molecule has 2 amide bonds. The summed E-state index contributed by atoms with van der Waals surface area (Å²) >= 11 is 1.03. The summed E-state index contributed by atoms with van der Waals surface area (Å²) in [5.41, 5.74) is 5.11. The molecule has 2 rings (SSSR count). The van der Waals surface area contributed by atoms with E-state index in [4.69, 9.17) is 10.3 Å². The number of nitrogens with zero attached hydrogens (tertiary/aromatic N) is 3. The summed E-state index contributed by atoms with van der Waals surface area (Å²) in [6.07, 6.45) is 1.86. The van der Waals surface area contributed by atoms with Gasteiger partial charge >= 0.3 is 0 Å². The topological polar surface area (TPSA) is 124 Å². The van der Waals surface area contributed by atoms with Crippen LogP contribution in [0.1, 0.15) is 47.6 Å². The molecule has 8 nitrogen and oxygen atoms in total. The van der Waals surface area contributed by atoms with Gasteiger partial charge in [0.05, 0.1) is 6.20 Å². The minimum absolute atomic E-state index is 0.180. The molecule has 3 N–H and O–H groups in total. The van der Waals surface area contributed by atoms with Gasteiger partial charge in [0.15, 0.2) is 11.0 Å². The van der Waals surface area contributed by atoms with Crippen LogP contribution in [0.3, 0.4) is 0 Å². The fourth-order valence-corrected chi connectivity index (χ4v) is 2.14. The summed E-state index contributed by atoms with van der Waals surface area (Å²) in [5.74, 6) is 0.408. The Balaban J connectivity index is 1.85. The van der Waals surface area contributed by atoms with E-state index in [-0.39, 0.29) is 18.2 Å². The number of primary amides is 1. The highest BCUT2D eigenvalue weighted by Crippen LogP contribution is 2.17. The number of carbonyl (C=O) groups excluding carboxylic acids is 2. The minimum atomic E-state index is -0.569. The Morgan fingerprint density at radius 1 is 1.48 bits per heavy atom. The lowest BCUT2D eigenvalue weighted by Crippen LogP contribution is -2.12. The van der Waals surface area contributed by atoms with Gasteiger partial charge in [-0.25, -0.2) is 4.98 Å². The zero-order valence-electron chi connectivity index (χ0n) is 11.6. The summed E-state index contributed by atoms with van der Waals surface area (Å²) in [6, 6.07) is 0. The molecule has 0 aliphatic carbocycles. The van der Waals surface area contributed by atoms with Gasteiger partial charge in [0.25, 0.3) is 5.91 Å². The van der Waals surface area contributed by atoms with Gasteiger partial charge in [-0.05, 0) is 0 Å². The average molecular weight is 309 g/mol. The fourth-order valence-electron chi connectivity index (χ4n) is 1.45. The fraction of sp³-hybridized carbons (Fsp3) is 0.417. The van der Waals surface area contributed by atoms with E-state index >= 15 is 0 Å². The van der Waals surface area contributed by atoms with Crippen LogP contribution >= 0.6 is 11.3 Å². The number of nitrogens with two attached hydrogens (primary N) is 1. The number of amides is 2. The molecule has 0 radical (unpaired) electrons. The molecule has 0 aromatic carbocycles. The minimum Gasteiger partial charge on any atom is -0.365 e. The molecular weight excluding hydrogens is 294 g/mol. The quantitative estimate of drug-likeness (QED) is 0.829. The third-order valence-corrected chi connectivity index (χ3v) is 3.49. The maximum atomic E-state index is 11.8. The molecule has 2 aromatic heterocycles. The Labute approximate surface area is 124 Å². The van der Waals surface area contributed by atoms with Crippen LogP contribution in [0.15, 0.2) is 10.7 Å². The predicted molar refractivity (Wildman–Crippen MR) is 76.0 cm³/mol. The first kappa shape index (κ1) is 15.1. The van der Waals surface area contributed by atoms with Crippen molar-refractivity contribution in [2.24, 2.45) is 5.73 Å². The van der Waals surface area contributed by atoms with Crippen LogP contribution in [0.5, 0.6) is 0 Å². The molecule has 0 bridgehead atoms. The van der Waals surface area contributed by atoms with Crippen LogP contribution in [0.4, 0.5) is 5.13 Å². The Morgan fingerprint density at radius 3 is 2.81 bits per heavy atom. The van der Waals surface area contributed by atoms with E-state index in [9.17, 15) is 9.59 Å². The highest BCUT2D eigenvalue weighted by Gasteiger charge is 2.13. The van der Waals surface area contributed by atoms with E-state index in [1.807, 2.05) is 13.8 Å². The lowest BCUT2D eigenvalue weighted by atomic mass is 10.2. The van der Waals surface area contributed by atoms with E-state index in [1.165, 1.54) is 6.20 Å². The second-order valence-electron chi connectivity index (χ2n) is 4.64. The smallest absolute Gasteiger partial charge is 0.260 e. The number of carbonyl (C=O) groups is 2. The molecule has 0 fully saturated rings. The first-order chi connectivity index (χ1) is 9.95. The molecular formula is C12H15N5O3S. The van der Waals surface area contributed by atoms with Gasteiger partial charge in [0.2, 0.25) is 11.8 Å². The molecule has 0 saturated heterocycles. The molecule has 9 heteroatoms. The van der Waals surface area contributed by atoms with Crippen molar-refractivity contribution >= 4 is 28.3 Å². The molecule has 112 valence electrons. The van der Waals surface area contributed by atoms with E-state index in [0.717, 1.165) is 11.3 Å². The number of hydrogen-bond acceptors (Lipinski definition) is 7. The molecule has 0 saturated carbocycles. The molecule has 0 aliphatic rings. The van der Waals surface area contributed by atoms with Crippen LogP contribution in [0.2, 0.25) is 0 Å².